The van der Waals surface area contributed by atoms with E-state index in [1.54, 1.807) is 0 Å². The zero-order valence-corrected chi connectivity index (χ0v) is 12.0. The topological polar surface area (TPSA) is 29.9 Å². The van der Waals surface area contributed by atoms with E-state index in [9.17, 15) is 0 Å². The van der Waals surface area contributed by atoms with Gasteiger partial charge in [-0.2, -0.15) is 5.10 Å². The van der Waals surface area contributed by atoms with E-state index >= 15 is 0 Å². The second-order valence-corrected chi connectivity index (χ2v) is 5.60. The number of halogens is 1. The molecule has 18 heavy (non-hydrogen) atoms. The molecule has 4 heteroatoms. The number of aryl methyl sites for hydroxylation is 1. The maximum Gasteiger partial charge on any atom is 0.0534 e. The van der Waals surface area contributed by atoms with E-state index in [0.717, 1.165) is 31.4 Å². The molecule has 0 radical (unpaired) electrons. The summed E-state index contributed by atoms with van der Waals surface area (Å²) in [5.74, 6) is 2.30. The minimum atomic E-state index is 0.714. The number of aromatic nitrogens is 2. The fourth-order valence-electron chi connectivity index (χ4n) is 2.83. The van der Waals surface area contributed by atoms with Gasteiger partial charge in [-0.15, -0.1) is 11.6 Å². The van der Waals surface area contributed by atoms with Crippen molar-refractivity contribution in [2.75, 3.05) is 12.4 Å². The van der Waals surface area contributed by atoms with Gasteiger partial charge in [-0.25, -0.2) is 0 Å². The Balaban J connectivity index is 1.73. The minimum absolute atomic E-state index is 0.714. The Morgan fingerprint density at radius 2 is 2.17 bits per heavy atom. The highest BCUT2D eigenvalue weighted by atomic mass is 35.5. The highest BCUT2D eigenvalue weighted by molar-refractivity contribution is 6.18. The molecule has 0 aromatic carbocycles. The van der Waals surface area contributed by atoms with Crippen LogP contribution in [0.4, 0.5) is 0 Å². The van der Waals surface area contributed by atoms with E-state index in [1.165, 1.54) is 31.2 Å². The minimum Gasteiger partial charge on any atom is -0.312 e. The Labute approximate surface area is 115 Å². The van der Waals surface area contributed by atoms with Crippen molar-refractivity contribution in [2.24, 2.45) is 11.8 Å². The number of hydrogen-bond acceptors (Lipinski definition) is 2. The first kappa shape index (κ1) is 13.9. The SMILES string of the molecule is CCn1cc(CNCC2CCCCC2CCl)cn1. The summed E-state index contributed by atoms with van der Waals surface area (Å²) in [6.45, 7) is 5.06. The van der Waals surface area contributed by atoms with Crippen LogP contribution in [0.1, 0.15) is 38.2 Å². The van der Waals surface area contributed by atoms with Crippen LogP contribution in [0.5, 0.6) is 0 Å². The zero-order chi connectivity index (χ0) is 12.8. The van der Waals surface area contributed by atoms with Crippen molar-refractivity contribution in [1.82, 2.24) is 15.1 Å². The van der Waals surface area contributed by atoms with Gasteiger partial charge in [-0.1, -0.05) is 12.8 Å². The van der Waals surface area contributed by atoms with Crippen molar-refractivity contribution in [1.29, 1.82) is 0 Å². The number of alkyl halides is 1. The van der Waals surface area contributed by atoms with Gasteiger partial charge in [0.05, 0.1) is 6.20 Å². The number of rotatable bonds is 6. The van der Waals surface area contributed by atoms with E-state index in [1.807, 2.05) is 10.9 Å². The molecule has 1 fully saturated rings. The molecule has 1 N–H and O–H groups in total. The lowest BCUT2D eigenvalue weighted by atomic mass is 9.80. The largest absolute Gasteiger partial charge is 0.312 e. The standard InChI is InChI=1S/C14H24ClN3/c1-2-18-11-12(9-17-18)8-16-10-14-6-4-3-5-13(14)7-15/h9,11,13-14,16H,2-8,10H2,1H3. The first-order valence-corrected chi connectivity index (χ1v) is 7.65. The maximum atomic E-state index is 6.05. The zero-order valence-electron chi connectivity index (χ0n) is 11.2. The van der Waals surface area contributed by atoms with Crippen LogP contribution >= 0.6 is 11.6 Å². The van der Waals surface area contributed by atoms with Gasteiger partial charge < -0.3 is 5.32 Å². The molecule has 3 nitrogen and oxygen atoms in total. The summed E-state index contributed by atoms with van der Waals surface area (Å²) in [5, 5.41) is 7.85. The summed E-state index contributed by atoms with van der Waals surface area (Å²) < 4.78 is 1.97. The van der Waals surface area contributed by atoms with Gasteiger partial charge in [0, 0.05) is 30.7 Å². The molecule has 1 aromatic rings. The average molecular weight is 270 g/mol. The van der Waals surface area contributed by atoms with Crippen LogP contribution in [0.25, 0.3) is 0 Å². The van der Waals surface area contributed by atoms with Gasteiger partial charge in [0.15, 0.2) is 0 Å². The van der Waals surface area contributed by atoms with E-state index in [0.29, 0.717) is 5.92 Å². The van der Waals surface area contributed by atoms with Crippen LogP contribution < -0.4 is 5.32 Å². The summed E-state index contributed by atoms with van der Waals surface area (Å²) in [6.07, 6.45) is 9.44. The van der Waals surface area contributed by atoms with E-state index in [4.69, 9.17) is 11.6 Å². The van der Waals surface area contributed by atoms with Gasteiger partial charge >= 0.3 is 0 Å². The van der Waals surface area contributed by atoms with Crippen molar-refractivity contribution in [3.8, 4) is 0 Å². The van der Waals surface area contributed by atoms with E-state index < -0.39 is 0 Å². The monoisotopic (exact) mass is 269 g/mol. The van der Waals surface area contributed by atoms with Crippen LogP contribution in [0.2, 0.25) is 0 Å². The Kier molecular flexibility index (Phi) is 5.51. The van der Waals surface area contributed by atoms with Crippen molar-refractivity contribution in [3.05, 3.63) is 18.0 Å². The molecular weight excluding hydrogens is 246 g/mol. The molecule has 1 aromatic heterocycles. The molecular formula is C14H24ClN3. The number of hydrogen-bond donors (Lipinski definition) is 1. The normalized spacial score (nSPS) is 24.3. The van der Waals surface area contributed by atoms with E-state index in [2.05, 4.69) is 23.5 Å². The second kappa shape index (κ2) is 7.15. The lowest BCUT2D eigenvalue weighted by Gasteiger charge is -2.30. The molecule has 2 unspecified atom stereocenters. The molecule has 1 saturated carbocycles. The predicted octanol–water partition coefficient (Wildman–Crippen LogP) is 3.04. The molecule has 0 bridgehead atoms. The van der Waals surface area contributed by atoms with Crippen LogP contribution in [0, 0.1) is 11.8 Å². The summed E-state index contributed by atoms with van der Waals surface area (Å²) in [5.41, 5.74) is 1.27. The van der Waals surface area contributed by atoms with Gasteiger partial charge in [-0.05, 0) is 38.1 Å². The lowest BCUT2D eigenvalue weighted by molar-refractivity contribution is 0.250. The Hall–Kier alpha value is -0.540. The summed E-state index contributed by atoms with van der Waals surface area (Å²) >= 11 is 6.05. The molecule has 0 amide bonds. The Bertz CT molecular complexity index is 351. The van der Waals surface area contributed by atoms with Crippen molar-refractivity contribution < 1.29 is 0 Å². The second-order valence-electron chi connectivity index (χ2n) is 5.29. The smallest absolute Gasteiger partial charge is 0.0534 e. The summed E-state index contributed by atoms with van der Waals surface area (Å²) in [4.78, 5) is 0. The molecule has 2 atom stereocenters. The molecule has 1 aliphatic carbocycles. The third-order valence-electron chi connectivity index (χ3n) is 4.01. The first-order valence-electron chi connectivity index (χ1n) is 7.11. The molecule has 0 spiro atoms. The highest BCUT2D eigenvalue weighted by Crippen LogP contribution is 2.30. The number of nitrogens with zero attached hydrogens (tertiary/aromatic N) is 2. The number of nitrogens with one attached hydrogen (secondary N) is 1. The van der Waals surface area contributed by atoms with E-state index in [-0.39, 0.29) is 0 Å². The predicted molar refractivity (Wildman–Crippen MR) is 75.8 cm³/mol. The van der Waals surface area contributed by atoms with Crippen LogP contribution in [0.3, 0.4) is 0 Å². The Morgan fingerprint density at radius 3 is 2.83 bits per heavy atom. The van der Waals surface area contributed by atoms with Crippen molar-refractivity contribution >= 4 is 11.6 Å². The fraction of sp³-hybridized carbons (Fsp3) is 0.786. The van der Waals surface area contributed by atoms with Crippen molar-refractivity contribution in [2.45, 2.75) is 45.7 Å². The molecule has 0 aliphatic heterocycles. The quantitative estimate of drug-likeness (QED) is 0.805. The molecule has 1 heterocycles. The Morgan fingerprint density at radius 1 is 1.39 bits per heavy atom. The third-order valence-corrected chi connectivity index (χ3v) is 4.41. The summed E-state index contributed by atoms with van der Waals surface area (Å²) in [7, 11) is 0. The van der Waals surface area contributed by atoms with Crippen LogP contribution in [-0.4, -0.2) is 22.2 Å². The fourth-order valence-corrected chi connectivity index (χ4v) is 3.24. The van der Waals surface area contributed by atoms with Gasteiger partial charge in [0.1, 0.15) is 0 Å². The third kappa shape index (κ3) is 3.72. The van der Waals surface area contributed by atoms with Gasteiger partial charge in [0.2, 0.25) is 0 Å². The average Bonchev–Trinajstić information content (AvgIpc) is 2.87. The van der Waals surface area contributed by atoms with Gasteiger partial charge in [-0.3, -0.25) is 4.68 Å². The molecule has 1 aliphatic rings. The lowest BCUT2D eigenvalue weighted by Crippen LogP contribution is -2.31. The van der Waals surface area contributed by atoms with Crippen molar-refractivity contribution in [3.63, 3.8) is 0 Å². The highest BCUT2D eigenvalue weighted by Gasteiger charge is 2.23. The van der Waals surface area contributed by atoms with Gasteiger partial charge in [0.25, 0.3) is 0 Å². The molecule has 2 rings (SSSR count). The van der Waals surface area contributed by atoms with Crippen LogP contribution in [0.15, 0.2) is 12.4 Å². The maximum absolute atomic E-state index is 6.05. The molecule has 0 saturated heterocycles. The first-order chi connectivity index (χ1) is 8.83. The summed E-state index contributed by atoms with van der Waals surface area (Å²) in [6, 6.07) is 0. The molecule has 102 valence electrons. The van der Waals surface area contributed by atoms with Crippen LogP contribution in [-0.2, 0) is 13.1 Å².